The lowest BCUT2D eigenvalue weighted by molar-refractivity contribution is -0.162. The number of carbonyl (C=O) groups excluding carboxylic acids is 6. The number of piperazine rings is 1. The summed E-state index contributed by atoms with van der Waals surface area (Å²) < 4.78 is 36.5. The quantitative estimate of drug-likeness (QED) is 0.152. The van der Waals surface area contributed by atoms with E-state index in [2.05, 4.69) is 15.4 Å². The first-order chi connectivity index (χ1) is 16.9. The molecule has 2 aliphatic rings. The van der Waals surface area contributed by atoms with Crippen LogP contribution in [0.1, 0.15) is 18.5 Å². The van der Waals surface area contributed by atoms with Crippen molar-refractivity contribution in [1.82, 2.24) is 24.7 Å². The van der Waals surface area contributed by atoms with Crippen molar-refractivity contribution >= 4 is 45.9 Å². The molecule has 1 aromatic rings. The van der Waals surface area contributed by atoms with Crippen molar-refractivity contribution in [2.24, 2.45) is 0 Å². The lowest BCUT2D eigenvalue weighted by Gasteiger charge is -2.42. The largest absolute Gasteiger partial charge is 0.467 e. The molecule has 3 atom stereocenters. The number of nitrogens with one attached hydrogen (secondary N) is 2. The number of esters is 1. The van der Waals surface area contributed by atoms with Crippen LogP contribution in [0, 0.1) is 0 Å². The van der Waals surface area contributed by atoms with Gasteiger partial charge in [-0.3, -0.25) is 28.6 Å². The molecule has 0 bridgehead atoms. The van der Waals surface area contributed by atoms with Crippen molar-refractivity contribution in [2.45, 2.75) is 25.0 Å². The molecule has 16 heteroatoms. The minimum absolute atomic E-state index is 0.0968. The van der Waals surface area contributed by atoms with Crippen LogP contribution in [0.25, 0.3) is 0 Å². The van der Waals surface area contributed by atoms with Gasteiger partial charge in [-0.05, 0) is 12.5 Å². The lowest BCUT2D eigenvalue weighted by atomic mass is 9.97. The van der Waals surface area contributed by atoms with E-state index in [1.54, 1.807) is 25.1 Å². The van der Waals surface area contributed by atoms with Crippen molar-refractivity contribution in [3.8, 4) is 0 Å². The van der Waals surface area contributed by atoms with Crippen LogP contribution in [0.5, 0.6) is 0 Å². The standard InChI is InChI=1S/C20H23N5O10S/c1-3-23-9-10-24(18(29)17(23)28)20(31)22-12(11-7-5-4-6-8-11)15(26)21-13-14(19(30)35-2)25(16(13)27)36(32,33)34/h4-8,12-14H,3,9-10H2,1-2H3,(H,21,26)(H,22,31)(H,32,33,34)/t12?,13-,14-/m1/s1. The molecule has 36 heavy (non-hydrogen) atoms. The molecule has 1 aromatic carbocycles. The van der Waals surface area contributed by atoms with Crippen molar-refractivity contribution in [1.29, 1.82) is 0 Å². The average molecular weight is 525 g/mol. The molecular formula is C20H23N5O10S. The number of rotatable bonds is 7. The molecule has 0 spiro atoms. The Balaban J connectivity index is 1.83. The Morgan fingerprint density at radius 1 is 1.11 bits per heavy atom. The zero-order chi connectivity index (χ0) is 26.8. The van der Waals surface area contributed by atoms with Gasteiger partial charge in [0.1, 0.15) is 12.1 Å². The van der Waals surface area contributed by atoms with Crippen LogP contribution in [-0.2, 0) is 39.0 Å². The second kappa shape index (κ2) is 10.3. The maximum absolute atomic E-state index is 13.1. The molecule has 3 N–H and O–H groups in total. The Morgan fingerprint density at radius 2 is 1.75 bits per heavy atom. The predicted molar refractivity (Wildman–Crippen MR) is 118 cm³/mol. The Labute approximate surface area is 205 Å². The van der Waals surface area contributed by atoms with Gasteiger partial charge in [0, 0.05) is 19.6 Å². The minimum Gasteiger partial charge on any atom is -0.467 e. The number of hydrogen-bond donors (Lipinski definition) is 3. The van der Waals surface area contributed by atoms with Crippen LogP contribution < -0.4 is 10.6 Å². The Hall–Kier alpha value is -4.05. The molecule has 1 unspecified atom stereocenters. The van der Waals surface area contributed by atoms with Gasteiger partial charge in [0.05, 0.1) is 7.11 Å². The van der Waals surface area contributed by atoms with E-state index in [-0.39, 0.29) is 29.5 Å². The SMILES string of the molecule is CCN1CCN(C(=O)NC(C(=O)N[C@H]2C(=O)N(S(=O)(=O)O)[C@H]2C(=O)OC)c2ccccc2)C(=O)C1=O. The van der Waals surface area contributed by atoms with Crippen LogP contribution in [0.3, 0.4) is 0 Å². The van der Waals surface area contributed by atoms with Crippen molar-refractivity contribution < 1.29 is 46.5 Å². The molecule has 194 valence electrons. The summed E-state index contributed by atoms with van der Waals surface area (Å²) in [6, 6.07) is 1.44. The van der Waals surface area contributed by atoms with E-state index in [0.29, 0.717) is 4.90 Å². The van der Waals surface area contributed by atoms with Gasteiger partial charge < -0.3 is 20.3 Å². The summed E-state index contributed by atoms with van der Waals surface area (Å²) >= 11 is 0. The fraction of sp³-hybridized carbons (Fsp3) is 0.400. The van der Waals surface area contributed by atoms with Crippen LogP contribution in [0.2, 0.25) is 0 Å². The average Bonchev–Trinajstić information content (AvgIpc) is 2.84. The lowest BCUT2D eigenvalue weighted by Crippen LogP contribution is -2.75. The first-order valence-corrected chi connectivity index (χ1v) is 12.0. The van der Waals surface area contributed by atoms with Crippen molar-refractivity contribution in [3.63, 3.8) is 0 Å². The van der Waals surface area contributed by atoms with E-state index in [9.17, 15) is 41.7 Å². The zero-order valence-electron chi connectivity index (χ0n) is 19.1. The molecule has 0 aromatic heterocycles. The van der Waals surface area contributed by atoms with Gasteiger partial charge in [-0.25, -0.2) is 9.59 Å². The van der Waals surface area contributed by atoms with Crippen LogP contribution >= 0.6 is 0 Å². The molecule has 0 saturated carbocycles. The van der Waals surface area contributed by atoms with Crippen molar-refractivity contribution in [2.75, 3.05) is 26.7 Å². The summed E-state index contributed by atoms with van der Waals surface area (Å²) in [5, 5.41) is 4.51. The van der Waals surface area contributed by atoms with Crippen LogP contribution in [0.15, 0.2) is 30.3 Å². The third-order valence-corrected chi connectivity index (χ3v) is 6.54. The van der Waals surface area contributed by atoms with Crippen LogP contribution in [0.4, 0.5) is 4.79 Å². The number of methoxy groups -OCH3 is 1. The molecular weight excluding hydrogens is 502 g/mol. The van der Waals surface area contributed by atoms with Gasteiger partial charge in [-0.15, -0.1) is 0 Å². The highest BCUT2D eigenvalue weighted by Gasteiger charge is 2.58. The number of urea groups is 1. The number of benzene rings is 1. The number of ether oxygens (including phenoxy) is 1. The third-order valence-electron chi connectivity index (χ3n) is 5.64. The summed E-state index contributed by atoms with van der Waals surface area (Å²) in [4.78, 5) is 76.8. The van der Waals surface area contributed by atoms with E-state index in [1.807, 2.05) is 0 Å². The Bertz CT molecular complexity index is 1200. The van der Waals surface area contributed by atoms with Crippen molar-refractivity contribution in [3.05, 3.63) is 35.9 Å². The normalized spacial score (nSPS) is 21.0. The second-order valence-electron chi connectivity index (χ2n) is 7.70. The van der Waals surface area contributed by atoms with E-state index >= 15 is 0 Å². The summed E-state index contributed by atoms with van der Waals surface area (Å²) in [6.07, 6.45) is 0. The maximum atomic E-state index is 13.1. The highest BCUT2D eigenvalue weighted by atomic mass is 32.2. The first-order valence-electron chi connectivity index (χ1n) is 10.6. The third kappa shape index (κ3) is 4.99. The zero-order valence-corrected chi connectivity index (χ0v) is 19.9. The smallest absolute Gasteiger partial charge is 0.363 e. The molecule has 6 amide bonds. The molecule has 2 heterocycles. The number of likely N-dealkylation sites (N-methyl/N-ethyl adjacent to an activating group) is 1. The molecule has 2 fully saturated rings. The number of β-lactam (4-membered cyclic amide) rings is 1. The molecule has 15 nitrogen and oxygen atoms in total. The Morgan fingerprint density at radius 3 is 2.31 bits per heavy atom. The molecule has 0 aliphatic carbocycles. The predicted octanol–water partition coefficient (Wildman–Crippen LogP) is -2.20. The summed E-state index contributed by atoms with van der Waals surface area (Å²) in [5.41, 5.74) is 0.211. The molecule has 2 aliphatic heterocycles. The fourth-order valence-electron chi connectivity index (χ4n) is 3.77. The summed E-state index contributed by atoms with van der Waals surface area (Å²) in [7, 11) is -4.22. The minimum atomic E-state index is -5.13. The second-order valence-corrected chi connectivity index (χ2v) is 8.99. The monoisotopic (exact) mass is 525 g/mol. The van der Waals surface area contributed by atoms with Gasteiger partial charge in [-0.2, -0.15) is 12.7 Å². The van der Waals surface area contributed by atoms with Gasteiger partial charge in [-0.1, -0.05) is 30.3 Å². The first kappa shape index (κ1) is 26.6. The number of imide groups is 1. The van der Waals surface area contributed by atoms with E-state index in [1.165, 1.54) is 17.0 Å². The molecule has 0 radical (unpaired) electrons. The van der Waals surface area contributed by atoms with Gasteiger partial charge in [0.2, 0.25) is 5.91 Å². The van der Waals surface area contributed by atoms with E-state index < -0.39 is 64.1 Å². The van der Waals surface area contributed by atoms with Gasteiger partial charge >= 0.3 is 34.1 Å². The molecule has 3 rings (SSSR count). The van der Waals surface area contributed by atoms with E-state index in [0.717, 1.165) is 7.11 Å². The van der Waals surface area contributed by atoms with E-state index in [4.69, 9.17) is 0 Å². The number of hydrogen-bond acceptors (Lipinski definition) is 9. The van der Waals surface area contributed by atoms with Gasteiger partial charge in [0.15, 0.2) is 6.04 Å². The highest BCUT2D eigenvalue weighted by Crippen LogP contribution is 2.26. The van der Waals surface area contributed by atoms with Crippen LogP contribution in [-0.4, -0.2) is 102 Å². The fourth-order valence-corrected chi connectivity index (χ4v) is 4.60. The highest BCUT2D eigenvalue weighted by molar-refractivity contribution is 7.84. The summed E-state index contributed by atoms with van der Waals surface area (Å²) in [6.45, 7) is 1.91. The van der Waals surface area contributed by atoms with Gasteiger partial charge in [0.25, 0.3) is 5.91 Å². The number of amides is 6. The Kier molecular flexibility index (Phi) is 7.59. The number of nitrogens with zero attached hydrogens (tertiary/aromatic N) is 3. The molecule has 2 saturated heterocycles. The maximum Gasteiger partial charge on any atom is 0.363 e. The topological polar surface area (TPSA) is 200 Å². The number of carbonyl (C=O) groups is 6. The summed E-state index contributed by atoms with van der Waals surface area (Å²) in [5.74, 6) is -5.54.